The average Bonchev–Trinajstić information content (AvgIpc) is 2.50. The molecule has 0 aliphatic carbocycles. The predicted octanol–water partition coefficient (Wildman–Crippen LogP) is 3.71. The SMILES string of the molecule is C=Cc1cc(C)[nH]c1/N=C\C.CC. The van der Waals surface area contributed by atoms with Crippen LogP contribution in [0.1, 0.15) is 32.0 Å². The minimum Gasteiger partial charge on any atom is -0.344 e. The summed E-state index contributed by atoms with van der Waals surface area (Å²) >= 11 is 0. The van der Waals surface area contributed by atoms with Crippen LogP contribution in [0.4, 0.5) is 5.82 Å². The first-order valence-corrected chi connectivity index (χ1v) is 4.58. The zero-order valence-corrected chi connectivity index (χ0v) is 8.89. The molecule has 13 heavy (non-hydrogen) atoms. The molecule has 1 aromatic rings. The molecule has 0 aliphatic rings. The van der Waals surface area contributed by atoms with Crippen LogP contribution in [0.25, 0.3) is 6.08 Å². The third kappa shape index (κ3) is 3.28. The van der Waals surface area contributed by atoms with Gasteiger partial charge in [-0.3, -0.25) is 0 Å². The molecule has 0 fully saturated rings. The van der Waals surface area contributed by atoms with Crippen molar-refractivity contribution in [3.63, 3.8) is 0 Å². The second-order valence-electron chi connectivity index (χ2n) is 2.35. The quantitative estimate of drug-likeness (QED) is 0.669. The Bertz CT molecular complexity index is 282. The molecule has 2 nitrogen and oxygen atoms in total. The molecule has 0 aliphatic heterocycles. The summed E-state index contributed by atoms with van der Waals surface area (Å²) in [6.45, 7) is 11.6. The Morgan fingerprint density at radius 2 is 2.08 bits per heavy atom. The lowest BCUT2D eigenvalue weighted by Crippen LogP contribution is -1.68. The van der Waals surface area contributed by atoms with Crippen molar-refractivity contribution < 1.29 is 0 Å². The average molecular weight is 178 g/mol. The second-order valence-corrected chi connectivity index (χ2v) is 2.35. The third-order valence-corrected chi connectivity index (χ3v) is 1.44. The van der Waals surface area contributed by atoms with E-state index in [0.29, 0.717) is 0 Å². The van der Waals surface area contributed by atoms with Crippen LogP contribution >= 0.6 is 0 Å². The highest BCUT2D eigenvalue weighted by atomic mass is 14.9. The standard InChI is InChI=1S/C9H12N2.C2H6/c1-4-8-6-7(3)11-9(8)10-5-2;1-2/h4-6,11H,1H2,2-3H3;1-2H3/b10-5-;. The summed E-state index contributed by atoms with van der Waals surface area (Å²) in [5.74, 6) is 0.889. The minimum atomic E-state index is 0.889. The molecule has 0 spiro atoms. The molecule has 1 heterocycles. The summed E-state index contributed by atoms with van der Waals surface area (Å²) in [7, 11) is 0. The summed E-state index contributed by atoms with van der Waals surface area (Å²) in [5, 5.41) is 0. The molecule has 1 rings (SSSR count). The van der Waals surface area contributed by atoms with E-state index in [-0.39, 0.29) is 0 Å². The first-order chi connectivity index (χ1) is 6.27. The lowest BCUT2D eigenvalue weighted by atomic mass is 10.3. The molecule has 0 saturated heterocycles. The van der Waals surface area contributed by atoms with Crippen molar-refractivity contribution >= 4 is 18.1 Å². The van der Waals surface area contributed by atoms with Gasteiger partial charge in [0.05, 0.1) is 0 Å². The number of aromatic amines is 1. The van der Waals surface area contributed by atoms with E-state index in [0.717, 1.165) is 17.1 Å². The van der Waals surface area contributed by atoms with Crippen molar-refractivity contribution in [1.29, 1.82) is 0 Å². The molecule has 0 aromatic carbocycles. The number of H-pyrrole nitrogens is 1. The molecular weight excluding hydrogens is 160 g/mol. The minimum absolute atomic E-state index is 0.889. The summed E-state index contributed by atoms with van der Waals surface area (Å²) in [6.07, 6.45) is 3.56. The maximum absolute atomic E-state index is 4.15. The molecule has 0 unspecified atom stereocenters. The smallest absolute Gasteiger partial charge is 0.136 e. The molecule has 1 N–H and O–H groups in total. The molecule has 0 radical (unpaired) electrons. The van der Waals surface area contributed by atoms with Crippen molar-refractivity contribution in [3.8, 4) is 0 Å². The number of rotatable bonds is 2. The van der Waals surface area contributed by atoms with E-state index in [4.69, 9.17) is 0 Å². The van der Waals surface area contributed by atoms with Gasteiger partial charge in [0.15, 0.2) is 0 Å². The van der Waals surface area contributed by atoms with E-state index < -0.39 is 0 Å². The Balaban J connectivity index is 0.000000671. The van der Waals surface area contributed by atoms with Gasteiger partial charge in [0, 0.05) is 17.5 Å². The van der Waals surface area contributed by atoms with E-state index in [1.54, 1.807) is 12.3 Å². The van der Waals surface area contributed by atoms with Crippen LogP contribution in [0, 0.1) is 6.92 Å². The molecule has 72 valence electrons. The molecule has 2 heteroatoms. The van der Waals surface area contributed by atoms with Crippen LogP contribution in [-0.4, -0.2) is 11.2 Å². The van der Waals surface area contributed by atoms with Gasteiger partial charge in [-0.25, -0.2) is 4.99 Å². The third-order valence-electron chi connectivity index (χ3n) is 1.44. The lowest BCUT2D eigenvalue weighted by Gasteiger charge is -1.87. The van der Waals surface area contributed by atoms with Crippen molar-refractivity contribution in [2.75, 3.05) is 0 Å². The van der Waals surface area contributed by atoms with E-state index in [9.17, 15) is 0 Å². The van der Waals surface area contributed by atoms with E-state index >= 15 is 0 Å². The molecular formula is C11H18N2. The number of aryl methyl sites for hydroxylation is 1. The van der Waals surface area contributed by atoms with Crippen LogP contribution in [0.3, 0.4) is 0 Å². The van der Waals surface area contributed by atoms with Gasteiger partial charge < -0.3 is 4.98 Å². The fraction of sp³-hybridized carbons (Fsp3) is 0.364. The van der Waals surface area contributed by atoms with Crippen LogP contribution in [0.2, 0.25) is 0 Å². The first kappa shape index (κ1) is 11.7. The number of aromatic nitrogens is 1. The predicted molar refractivity (Wildman–Crippen MR) is 60.8 cm³/mol. The summed E-state index contributed by atoms with van der Waals surface area (Å²) < 4.78 is 0. The van der Waals surface area contributed by atoms with E-state index in [1.807, 2.05) is 33.8 Å². The molecule has 0 bridgehead atoms. The fourth-order valence-corrected chi connectivity index (χ4v) is 0.988. The van der Waals surface area contributed by atoms with Gasteiger partial charge in [0.2, 0.25) is 0 Å². The van der Waals surface area contributed by atoms with Crippen molar-refractivity contribution in [1.82, 2.24) is 4.98 Å². The Morgan fingerprint density at radius 1 is 1.46 bits per heavy atom. The van der Waals surface area contributed by atoms with Crippen LogP contribution in [0.15, 0.2) is 17.6 Å². The normalized spacial score (nSPS) is 9.54. The first-order valence-electron chi connectivity index (χ1n) is 4.58. The summed E-state index contributed by atoms with van der Waals surface area (Å²) in [4.78, 5) is 7.27. The fourth-order valence-electron chi connectivity index (χ4n) is 0.988. The number of nitrogens with one attached hydrogen (secondary N) is 1. The van der Waals surface area contributed by atoms with Crippen molar-refractivity contribution in [2.24, 2.45) is 4.99 Å². The van der Waals surface area contributed by atoms with Crippen LogP contribution in [-0.2, 0) is 0 Å². The Labute approximate surface area is 80.4 Å². The van der Waals surface area contributed by atoms with Crippen molar-refractivity contribution in [2.45, 2.75) is 27.7 Å². The van der Waals surface area contributed by atoms with Gasteiger partial charge in [0.25, 0.3) is 0 Å². The number of hydrogen-bond acceptors (Lipinski definition) is 1. The number of aliphatic imine (C=N–C) groups is 1. The van der Waals surface area contributed by atoms with E-state index in [1.165, 1.54) is 0 Å². The summed E-state index contributed by atoms with van der Waals surface area (Å²) in [5.41, 5.74) is 2.17. The maximum Gasteiger partial charge on any atom is 0.136 e. The molecule has 1 aromatic heterocycles. The monoisotopic (exact) mass is 178 g/mol. The van der Waals surface area contributed by atoms with E-state index in [2.05, 4.69) is 16.6 Å². The molecule has 0 saturated carbocycles. The topological polar surface area (TPSA) is 28.1 Å². The second kappa shape index (κ2) is 6.23. The highest BCUT2D eigenvalue weighted by Gasteiger charge is 1.98. The Morgan fingerprint density at radius 3 is 2.54 bits per heavy atom. The number of nitrogens with zero attached hydrogens (tertiary/aromatic N) is 1. The number of hydrogen-bond donors (Lipinski definition) is 1. The maximum atomic E-state index is 4.15. The van der Waals surface area contributed by atoms with Gasteiger partial charge in [0.1, 0.15) is 5.82 Å². The van der Waals surface area contributed by atoms with Gasteiger partial charge >= 0.3 is 0 Å². The van der Waals surface area contributed by atoms with Crippen LogP contribution in [0.5, 0.6) is 0 Å². The van der Waals surface area contributed by atoms with Gasteiger partial charge in [-0.2, -0.15) is 0 Å². The highest BCUT2D eigenvalue weighted by Crippen LogP contribution is 2.19. The largest absolute Gasteiger partial charge is 0.344 e. The van der Waals surface area contributed by atoms with Crippen LogP contribution < -0.4 is 0 Å². The zero-order valence-electron chi connectivity index (χ0n) is 8.89. The molecule has 0 amide bonds. The van der Waals surface area contributed by atoms with Crippen molar-refractivity contribution in [3.05, 3.63) is 23.9 Å². The Hall–Kier alpha value is -1.31. The summed E-state index contributed by atoms with van der Waals surface area (Å²) in [6, 6.07) is 2.02. The lowest BCUT2D eigenvalue weighted by molar-refractivity contribution is 1.24. The van der Waals surface area contributed by atoms with Gasteiger partial charge in [-0.15, -0.1) is 0 Å². The van der Waals surface area contributed by atoms with Gasteiger partial charge in [-0.05, 0) is 19.9 Å². The van der Waals surface area contributed by atoms with Gasteiger partial charge in [-0.1, -0.05) is 26.5 Å². The highest BCUT2D eigenvalue weighted by molar-refractivity contribution is 5.67. The Kier molecular flexibility index (Phi) is 5.60. The zero-order chi connectivity index (χ0) is 10.3. The molecule has 0 atom stereocenters.